The number of hydrogen-bond donors (Lipinski definition) is 1. The van der Waals surface area contributed by atoms with Gasteiger partial charge in [-0.2, -0.15) is 4.99 Å². The van der Waals surface area contributed by atoms with Crippen LogP contribution >= 0.6 is 0 Å². The highest BCUT2D eigenvalue weighted by Gasteiger charge is 2.16. The molecule has 1 amide bonds. The Bertz CT molecular complexity index is 244. The molecule has 1 heterocycles. The van der Waals surface area contributed by atoms with Crippen LogP contribution in [0.25, 0.3) is 0 Å². The van der Waals surface area contributed by atoms with Crippen molar-refractivity contribution in [1.82, 2.24) is 0 Å². The van der Waals surface area contributed by atoms with Gasteiger partial charge in [-0.25, -0.2) is 4.99 Å². The average Bonchev–Trinajstić information content (AvgIpc) is 2.13. The lowest BCUT2D eigenvalue weighted by Gasteiger charge is -1.87. The van der Waals surface area contributed by atoms with Gasteiger partial charge < -0.3 is 5.73 Å². The largest absolute Gasteiger partial charge is 0.390 e. The van der Waals surface area contributed by atoms with Gasteiger partial charge in [-0.3, -0.25) is 4.79 Å². The lowest BCUT2D eigenvalue weighted by Crippen LogP contribution is -1.96. The molecule has 0 unspecified atom stereocenters. The Morgan fingerprint density at radius 1 is 1.90 bits per heavy atom. The SMILES string of the molecule is C=C1CC(=O)N=C1N=CN.[HH]. The highest BCUT2D eigenvalue weighted by atomic mass is 16.1. The molecule has 0 aromatic carbocycles. The molecule has 0 bridgehead atoms. The smallest absolute Gasteiger partial charge is 0.252 e. The van der Waals surface area contributed by atoms with Crippen molar-refractivity contribution in [2.24, 2.45) is 15.7 Å². The van der Waals surface area contributed by atoms with Crippen molar-refractivity contribution in [2.45, 2.75) is 6.42 Å². The minimum Gasteiger partial charge on any atom is -0.390 e. The normalized spacial score (nSPS) is 18.6. The average molecular weight is 139 g/mol. The zero-order valence-electron chi connectivity index (χ0n) is 5.37. The van der Waals surface area contributed by atoms with Crippen LogP contribution in [0.1, 0.15) is 7.85 Å². The molecule has 0 atom stereocenters. The quantitative estimate of drug-likeness (QED) is 0.382. The first-order valence-corrected chi connectivity index (χ1v) is 2.78. The molecule has 0 saturated carbocycles. The first-order chi connectivity index (χ1) is 4.74. The molecule has 0 spiro atoms. The number of nitrogens with two attached hydrogens (primary N) is 1. The summed E-state index contributed by atoms with van der Waals surface area (Å²) >= 11 is 0. The van der Waals surface area contributed by atoms with E-state index in [1.165, 1.54) is 0 Å². The zero-order chi connectivity index (χ0) is 7.56. The van der Waals surface area contributed by atoms with E-state index in [-0.39, 0.29) is 13.8 Å². The predicted molar refractivity (Wildman–Crippen MR) is 41.0 cm³/mol. The van der Waals surface area contributed by atoms with Crippen LogP contribution in [-0.2, 0) is 4.79 Å². The molecule has 0 radical (unpaired) electrons. The summed E-state index contributed by atoms with van der Waals surface area (Å²) in [4.78, 5) is 17.8. The molecule has 10 heavy (non-hydrogen) atoms. The van der Waals surface area contributed by atoms with E-state index in [9.17, 15) is 4.79 Å². The topological polar surface area (TPSA) is 67.8 Å². The van der Waals surface area contributed by atoms with Gasteiger partial charge in [0.1, 0.15) is 0 Å². The van der Waals surface area contributed by atoms with E-state index in [0.29, 0.717) is 11.4 Å². The highest BCUT2D eigenvalue weighted by molar-refractivity contribution is 6.14. The van der Waals surface area contributed by atoms with Crippen molar-refractivity contribution >= 4 is 18.1 Å². The van der Waals surface area contributed by atoms with Crippen molar-refractivity contribution in [3.8, 4) is 0 Å². The number of amidine groups is 1. The van der Waals surface area contributed by atoms with Gasteiger partial charge in [0.25, 0.3) is 5.91 Å². The van der Waals surface area contributed by atoms with Crippen molar-refractivity contribution in [1.29, 1.82) is 0 Å². The maximum absolute atomic E-state index is 10.6. The van der Waals surface area contributed by atoms with Gasteiger partial charge in [0, 0.05) is 1.43 Å². The minimum absolute atomic E-state index is 0. The van der Waals surface area contributed by atoms with E-state index in [0.717, 1.165) is 6.34 Å². The van der Waals surface area contributed by atoms with Gasteiger partial charge in [-0.15, -0.1) is 0 Å². The Balaban J connectivity index is 0.000001000. The van der Waals surface area contributed by atoms with E-state index in [2.05, 4.69) is 16.6 Å². The van der Waals surface area contributed by atoms with Crippen molar-refractivity contribution < 1.29 is 6.22 Å². The van der Waals surface area contributed by atoms with Gasteiger partial charge in [-0.1, -0.05) is 6.58 Å². The molecule has 54 valence electrons. The Hall–Kier alpha value is -1.45. The molecule has 4 heteroatoms. The summed E-state index contributed by atoms with van der Waals surface area (Å²) < 4.78 is 0. The number of carbonyl (C=O) groups is 1. The number of amides is 1. The van der Waals surface area contributed by atoms with Crippen molar-refractivity contribution in [2.75, 3.05) is 0 Å². The number of aliphatic imine (C=N–C) groups is 2. The Morgan fingerprint density at radius 3 is 3.00 bits per heavy atom. The van der Waals surface area contributed by atoms with E-state index in [1.807, 2.05) is 0 Å². The summed E-state index contributed by atoms with van der Waals surface area (Å²) in [6.45, 7) is 3.58. The molecule has 1 rings (SSSR count). The van der Waals surface area contributed by atoms with Gasteiger partial charge >= 0.3 is 0 Å². The van der Waals surface area contributed by atoms with Crippen molar-refractivity contribution in [3.05, 3.63) is 12.2 Å². The van der Waals surface area contributed by atoms with E-state index in [1.54, 1.807) is 0 Å². The molecule has 0 aromatic heterocycles. The van der Waals surface area contributed by atoms with Gasteiger partial charge in [0.2, 0.25) is 0 Å². The van der Waals surface area contributed by atoms with Crippen molar-refractivity contribution in [3.63, 3.8) is 0 Å². The molecule has 4 nitrogen and oxygen atoms in total. The molecular formula is C6H9N3O. The molecule has 0 aromatic rings. The number of nitrogens with zero attached hydrogens (tertiary/aromatic N) is 2. The molecular weight excluding hydrogens is 130 g/mol. The first kappa shape index (κ1) is 6.67. The summed E-state index contributed by atoms with van der Waals surface area (Å²) in [5, 5.41) is 0. The van der Waals surface area contributed by atoms with E-state index in [4.69, 9.17) is 5.73 Å². The second kappa shape index (κ2) is 2.43. The molecule has 0 aliphatic carbocycles. The summed E-state index contributed by atoms with van der Waals surface area (Å²) in [5.74, 6) is 0.151. The number of hydrogen-bond acceptors (Lipinski definition) is 2. The molecule has 1 aliphatic rings. The Labute approximate surface area is 59.6 Å². The first-order valence-electron chi connectivity index (χ1n) is 2.78. The van der Waals surface area contributed by atoms with Crippen LogP contribution in [0.2, 0.25) is 0 Å². The summed E-state index contributed by atoms with van der Waals surface area (Å²) in [7, 11) is 0. The third-order valence-corrected chi connectivity index (χ3v) is 1.11. The van der Waals surface area contributed by atoms with Crippen LogP contribution in [0, 0.1) is 0 Å². The molecule has 2 N–H and O–H groups in total. The third kappa shape index (κ3) is 1.10. The lowest BCUT2D eigenvalue weighted by molar-refractivity contribution is -0.116. The van der Waals surface area contributed by atoms with Gasteiger partial charge in [0.15, 0.2) is 5.84 Å². The second-order valence-electron chi connectivity index (χ2n) is 1.89. The zero-order valence-corrected chi connectivity index (χ0v) is 5.37. The van der Waals surface area contributed by atoms with Crippen LogP contribution in [-0.4, -0.2) is 18.1 Å². The molecule has 1 aliphatic heterocycles. The van der Waals surface area contributed by atoms with Gasteiger partial charge in [0.05, 0.1) is 12.8 Å². The van der Waals surface area contributed by atoms with E-state index < -0.39 is 0 Å². The molecule has 0 fully saturated rings. The van der Waals surface area contributed by atoms with Crippen LogP contribution in [0.5, 0.6) is 0 Å². The fraction of sp³-hybridized carbons (Fsp3) is 0.167. The Morgan fingerprint density at radius 2 is 2.60 bits per heavy atom. The highest BCUT2D eigenvalue weighted by Crippen LogP contribution is 2.11. The maximum Gasteiger partial charge on any atom is 0.252 e. The number of carbonyl (C=O) groups excluding carboxylic acids is 1. The van der Waals surface area contributed by atoms with Crippen LogP contribution < -0.4 is 5.73 Å². The number of rotatable bonds is 0. The minimum atomic E-state index is -0.203. The van der Waals surface area contributed by atoms with Gasteiger partial charge in [-0.05, 0) is 5.57 Å². The summed E-state index contributed by atoms with van der Waals surface area (Å²) in [5.41, 5.74) is 5.62. The monoisotopic (exact) mass is 139 g/mol. The van der Waals surface area contributed by atoms with Crippen LogP contribution in [0.4, 0.5) is 0 Å². The van der Waals surface area contributed by atoms with E-state index >= 15 is 0 Å². The van der Waals surface area contributed by atoms with Crippen LogP contribution in [0.3, 0.4) is 0 Å². The predicted octanol–water partition coefficient (Wildman–Crippen LogP) is 0.104. The maximum atomic E-state index is 10.6. The standard InChI is InChI=1S/C6H7N3O.H2/c1-4-2-5(10)9-6(4)8-3-7;/h3H,1-2H2,(H2,7,8,9,10);1H. The summed E-state index contributed by atoms with van der Waals surface area (Å²) in [6, 6.07) is 0. The second-order valence-corrected chi connectivity index (χ2v) is 1.89. The Kier molecular flexibility index (Phi) is 1.62. The summed E-state index contributed by atoms with van der Waals surface area (Å²) in [6.07, 6.45) is 1.37. The fourth-order valence-corrected chi connectivity index (χ4v) is 0.689. The molecule has 0 saturated heterocycles. The van der Waals surface area contributed by atoms with Crippen LogP contribution in [0.15, 0.2) is 22.1 Å². The third-order valence-electron chi connectivity index (χ3n) is 1.11. The fourth-order valence-electron chi connectivity index (χ4n) is 0.689. The lowest BCUT2D eigenvalue weighted by atomic mass is 10.2.